The predicted molar refractivity (Wildman–Crippen MR) is 73.7 cm³/mol. The molecule has 1 atom stereocenters. The largest absolute Gasteiger partial charge is 0.272 e. The van der Waals surface area contributed by atoms with Gasteiger partial charge in [-0.2, -0.15) is 0 Å². The second kappa shape index (κ2) is 6.15. The van der Waals surface area contributed by atoms with Gasteiger partial charge in [0, 0.05) is 16.5 Å². The number of nitrogens with zero attached hydrogens (tertiary/aromatic N) is 1. The van der Waals surface area contributed by atoms with Gasteiger partial charge in [0.25, 0.3) is 5.69 Å². The maximum absolute atomic E-state index is 10.9. The van der Waals surface area contributed by atoms with E-state index in [-0.39, 0.29) is 10.6 Å². The zero-order chi connectivity index (χ0) is 13.0. The van der Waals surface area contributed by atoms with E-state index in [1.54, 1.807) is 12.1 Å². The lowest BCUT2D eigenvalue weighted by Crippen LogP contribution is -2.08. The highest BCUT2D eigenvalue weighted by molar-refractivity contribution is 9.09. The molecule has 4 heteroatoms. The van der Waals surface area contributed by atoms with Gasteiger partial charge in [0.05, 0.1) is 4.92 Å². The predicted octanol–water partition coefficient (Wildman–Crippen LogP) is 4.26. The van der Waals surface area contributed by atoms with Crippen LogP contribution in [0.5, 0.6) is 0 Å². The molecule has 94 valence electrons. The Hall–Kier alpha value is -0.900. The molecule has 0 N–H and O–H groups in total. The fourth-order valence-corrected chi connectivity index (χ4v) is 2.99. The number of benzene rings is 1. The fraction of sp³-hybridized carbons (Fsp3) is 0.538. The molecule has 0 bridgehead atoms. The number of rotatable bonds is 5. The molecule has 0 spiro atoms. The van der Waals surface area contributed by atoms with Crippen molar-refractivity contribution in [2.45, 2.75) is 38.4 Å². The molecule has 0 saturated carbocycles. The van der Waals surface area contributed by atoms with Crippen LogP contribution in [0.3, 0.4) is 0 Å². The molecule has 3 nitrogen and oxygen atoms in total. The van der Waals surface area contributed by atoms with E-state index in [0.29, 0.717) is 17.2 Å². The summed E-state index contributed by atoms with van der Waals surface area (Å²) in [5, 5.41) is 10.9. The normalized spacial score (nSPS) is 12.8. The van der Waals surface area contributed by atoms with Gasteiger partial charge in [-0.15, -0.1) is 0 Å². The van der Waals surface area contributed by atoms with Gasteiger partial charge in [0.1, 0.15) is 0 Å². The number of halogens is 1. The Kier molecular flexibility index (Phi) is 5.12. The van der Waals surface area contributed by atoms with Crippen molar-refractivity contribution in [2.24, 2.45) is 5.92 Å². The molecule has 0 amide bonds. The van der Waals surface area contributed by atoms with Gasteiger partial charge in [-0.25, -0.2) is 0 Å². The summed E-state index contributed by atoms with van der Waals surface area (Å²) in [5.41, 5.74) is 2.11. The van der Waals surface area contributed by atoms with Crippen LogP contribution < -0.4 is 0 Å². The lowest BCUT2D eigenvalue weighted by molar-refractivity contribution is -0.385. The van der Waals surface area contributed by atoms with Crippen molar-refractivity contribution in [1.82, 2.24) is 0 Å². The van der Waals surface area contributed by atoms with E-state index in [0.717, 1.165) is 17.5 Å². The summed E-state index contributed by atoms with van der Waals surface area (Å²) in [6.45, 7) is 6.26. The Balaban J connectivity index is 2.88. The molecule has 0 aliphatic heterocycles. The van der Waals surface area contributed by atoms with Gasteiger partial charge in [-0.1, -0.05) is 41.4 Å². The van der Waals surface area contributed by atoms with Crippen LogP contribution in [0.4, 0.5) is 5.69 Å². The van der Waals surface area contributed by atoms with Crippen LogP contribution in [0, 0.1) is 23.0 Å². The van der Waals surface area contributed by atoms with E-state index in [4.69, 9.17) is 0 Å². The van der Waals surface area contributed by atoms with Gasteiger partial charge in [-0.05, 0) is 31.7 Å². The third kappa shape index (κ3) is 4.46. The van der Waals surface area contributed by atoms with E-state index in [1.165, 1.54) is 0 Å². The zero-order valence-electron chi connectivity index (χ0n) is 10.4. The molecule has 1 unspecified atom stereocenters. The van der Waals surface area contributed by atoms with Crippen LogP contribution in [0.15, 0.2) is 18.2 Å². The highest BCUT2D eigenvalue weighted by Crippen LogP contribution is 2.25. The molecule has 1 rings (SSSR count). The number of hydrogen-bond donors (Lipinski definition) is 0. The third-order valence-electron chi connectivity index (χ3n) is 2.60. The SMILES string of the molecule is Cc1ccc([N+](=O)[O-])c(CC(Br)CC(C)C)c1. The van der Waals surface area contributed by atoms with Crippen molar-refractivity contribution in [1.29, 1.82) is 0 Å². The highest BCUT2D eigenvalue weighted by atomic mass is 79.9. The molecule has 0 radical (unpaired) electrons. The van der Waals surface area contributed by atoms with Crippen LogP contribution in [0.1, 0.15) is 31.4 Å². The quantitative estimate of drug-likeness (QED) is 0.463. The maximum atomic E-state index is 10.9. The van der Waals surface area contributed by atoms with Crippen molar-refractivity contribution < 1.29 is 4.92 Å². The van der Waals surface area contributed by atoms with E-state index in [1.807, 2.05) is 13.0 Å². The van der Waals surface area contributed by atoms with Crippen molar-refractivity contribution in [2.75, 3.05) is 0 Å². The number of hydrogen-bond acceptors (Lipinski definition) is 2. The minimum Gasteiger partial charge on any atom is -0.258 e. The van der Waals surface area contributed by atoms with E-state index < -0.39 is 0 Å². The Morgan fingerprint density at radius 3 is 2.59 bits per heavy atom. The van der Waals surface area contributed by atoms with Gasteiger partial charge < -0.3 is 0 Å². The van der Waals surface area contributed by atoms with Gasteiger partial charge in [-0.3, -0.25) is 10.1 Å². The highest BCUT2D eigenvalue weighted by Gasteiger charge is 2.17. The van der Waals surface area contributed by atoms with E-state index in [9.17, 15) is 10.1 Å². The third-order valence-corrected chi connectivity index (χ3v) is 3.30. The summed E-state index contributed by atoms with van der Waals surface area (Å²) in [6, 6.07) is 5.29. The second-order valence-corrected chi connectivity index (χ2v) is 6.12. The molecular formula is C13H18BrNO2. The summed E-state index contributed by atoms with van der Waals surface area (Å²) in [6.07, 6.45) is 1.72. The average molecular weight is 300 g/mol. The molecule has 17 heavy (non-hydrogen) atoms. The van der Waals surface area contributed by atoms with Crippen LogP contribution >= 0.6 is 15.9 Å². The molecular weight excluding hydrogens is 282 g/mol. The Labute approximate surface area is 111 Å². The van der Waals surface area contributed by atoms with Gasteiger partial charge >= 0.3 is 0 Å². The average Bonchev–Trinajstić information content (AvgIpc) is 2.15. The summed E-state index contributed by atoms with van der Waals surface area (Å²) in [5.74, 6) is 0.586. The summed E-state index contributed by atoms with van der Waals surface area (Å²) >= 11 is 3.60. The first-order chi connectivity index (χ1) is 7.90. The first-order valence-electron chi connectivity index (χ1n) is 5.78. The van der Waals surface area contributed by atoms with Crippen LogP contribution in [-0.4, -0.2) is 9.75 Å². The molecule has 0 saturated heterocycles. The summed E-state index contributed by atoms with van der Waals surface area (Å²) in [7, 11) is 0. The number of nitro groups is 1. The van der Waals surface area contributed by atoms with Gasteiger partial charge in [0.2, 0.25) is 0 Å². The number of alkyl halides is 1. The molecule has 0 aliphatic rings. The van der Waals surface area contributed by atoms with Crippen LogP contribution in [0.25, 0.3) is 0 Å². The molecule has 1 aromatic rings. The fourth-order valence-electron chi connectivity index (χ4n) is 1.89. The second-order valence-electron chi connectivity index (χ2n) is 4.82. The van der Waals surface area contributed by atoms with Crippen molar-refractivity contribution in [3.8, 4) is 0 Å². The standard InChI is InChI=1S/C13H18BrNO2/c1-9(2)6-12(14)8-11-7-10(3)4-5-13(11)15(16)17/h4-5,7,9,12H,6,8H2,1-3H3. The minimum absolute atomic E-state index is 0.226. The number of aryl methyl sites for hydroxylation is 1. The maximum Gasteiger partial charge on any atom is 0.272 e. The molecule has 0 aromatic heterocycles. The van der Waals surface area contributed by atoms with Crippen LogP contribution in [-0.2, 0) is 6.42 Å². The zero-order valence-corrected chi connectivity index (χ0v) is 12.0. The molecule has 0 aliphatic carbocycles. The molecule has 0 fully saturated rings. The molecule has 0 heterocycles. The number of nitro benzene ring substituents is 1. The van der Waals surface area contributed by atoms with Crippen molar-refractivity contribution in [3.63, 3.8) is 0 Å². The Bertz CT molecular complexity index is 404. The first-order valence-corrected chi connectivity index (χ1v) is 6.69. The first kappa shape index (κ1) is 14.2. The minimum atomic E-state index is -0.302. The molecule has 1 aromatic carbocycles. The lowest BCUT2D eigenvalue weighted by Gasteiger charge is -2.12. The topological polar surface area (TPSA) is 43.1 Å². The van der Waals surface area contributed by atoms with Crippen molar-refractivity contribution >= 4 is 21.6 Å². The van der Waals surface area contributed by atoms with Crippen LogP contribution in [0.2, 0.25) is 0 Å². The lowest BCUT2D eigenvalue weighted by atomic mass is 10.00. The van der Waals surface area contributed by atoms with Gasteiger partial charge in [0.15, 0.2) is 0 Å². The van der Waals surface area contributed by atoms with E-state index >= 15 is 0 Å². The van der Waals surface area contributed by atoms with E-state index in [2.05, 4.69) is 29.8 Å². The van der Waals surface area contributed by atoms with Crippen molar-refractivity contribution in [3.05, 3.63) is 39.4 Å². The Morgan fingerprint density at radius 1 is 1.41 bits per heavy atom. The summed E-state index contributed by atoms with van der Waals surface area (Å²) in [4.78, 5) is 10.9. The monoisotopic (exact) mass is 299 g/mol. The smallest absolute Gasteiger partial charge is 0.258 e. The summed E-state index contributed by atoms with van der Waals surface area (Å²) < 4.78 is 0. The Morgan fingerprint density at radius 2 is 2.06 bits per heavy atom.